The standard InChI is InChI=1S/C11H10O3/c12-9-5-3-6-10-8(9)4-1-2-7-11(13)14-10/h1-7,11-13H. The van der Waals surface area contributed by atoms with E-state index in [4.69, 9.17) is 4.74 Å². The molecular weight excluding hydrogens is 180 g/mol. The van der Waals surface area contributed by atoms with Gasteiger partial charge in [0.25, 0.3) is 0 Å². The number of hydrogen-bond acceptors (Lipinski definition) is 3. The minimum atomic E-state index is -0.972. The van der Waals surface area contributed by atoms with Crippen molar-refractivity contribution in [2.45, 2.75) is 6.29 Å². The number of benzene rings is 1. The molecule has 1 aliphatic heterocycles. The number of phenols is 1. The Kier molecular flexibility index (Phi) is 2.24. The van der Waals surface area contributed by atoms with Gasteiger partial charge in [-0.1, -0.05) is 18.2 Å². The molecular formula is C11H10O3. The van der Waals surface area contributed by atoms with Crippen molar-refractivity contribution >= 4 is 6.08 Å². The molecule has 1 heterocycles. The van der Waals surface area contributed by atoms with Crippen LogP contribution in [-0.2, 0) is 0 Å². The van der Waals surface area contributed by atoms with E-state index in [-0.39, 0.29) is 5.75 Å². The van der Waals surface area contributed by atoms with Gasteiger partial charge in [-0.15, -0.1) is 0 Å². The Bertz CT molecular complexity index is 394. The number of phenolic OH excluding ortho intramolecular Hbond substituents is 1. The van der Waals surface area contributed by atoms with E-state index in [1.54, 1.807) is 36.4 Å². The van der Waals surface area contributed by atoms with Gasteiger partial charge >= 0.3 is 0 Å². The zero-order valence-electron chi connectivity index (χ0n) is 7.42. The van der Waals surface area contributed by atoms with Crippen LogP contribution < -0.4 is 4.74 Å². The molecule has 14 heavy (non-hydrogen) atoms. The second kappa shape index (κ2) is 3.55. The van der Waals surface area contributed by atoms with Crippen molar-refractivity contribution in [1.29, 1.82) is 0 Å². The van der Waals surface area contributed by atoms with E-state index in [2.05, 4.69) is 0 Å². The van der Waals surface area contributed by atoms with E-state index in [1.807, 2.05) is 0 Å². The fraction of sp³-hybridized carbons (Fsp3) is 0.0909. The molecule has 2 N–H and O–H groups in total. The molecule has 1 atom stereocenters. The minimum Gasteiger partial charge on any atom is -0.507 e. The van der Waals surface area contributed by atoms with Crippen molar-refractivity contribution in [2.24, 2.45) is 0 Å². The molecule has 3 nitrogen and oxygen atoms in total. The second-order valence-corrected chi connectivity index (χ2v) is 2.94. The molecule has 0 spiro atoms. The van der Waals surface area contributed by atoms with Crippen LogP contribution in [0.3, 0.4) is 0 Å². The molecule has 0 bridgehead atoms. The summed E-state index contributed by atoms with van der Waals surface area (Å²) in [5.41, 5.74) is 0.580. The van der Waals surface area contributed by atoms with Crippen molar-refractivity contribution in [3.05, 3.63) is 42.0 Å². The molecule has 3 heteroatoms. The van der Waals surface area contributed by atoms with E-state index >= 15 is 0 Å². The first-order chi connectivity index (χ1) is 6.77. The third-order valence-electron chi connectivity index (χ3n) is 1.94. The van der Waals surface area contributed by atoms with Crippen LogP contribution in [0.5, 0.6) is 11.5 Å². The van der Waals surface area contributed by atoms with Gasteiger partial charge in [-0.3, -0.25) is 0 Å². The van der Waals surface area contributed by atoms with Crippen LogP contribution in [0.1, 0.15) is 5.56 Å². The van der Waals surface area contributed by atoms with Crippen LogP contribution in [0.4, 0.5) is 0 Å². The highest BCUT2D eigenvalue weighted by Crippen LogP contribution is 2.30. The Morgan fingerprint density at radius 1 is 1.21 bits per heavy atom. The lowest BCUT2D eigenvalue weighted by Crippen LogP contribution is -2.13. The lowest BCUT2D eigenvalue weighted by molar-refractivity contribution is 0.0243. The predicted octanol–water partition coefficient (Wildman–Crippen LogP) is 1.67. The molecule has 72 valence electrons. The Morgan fingerprint density at radius 2 is 2.07 bits per heavy atom. The summed E-state index contributed by atoms with van der Waals surface area (Å²) in [6.45, 7) is 0. The molecule has 0 radical (unpaired) electrons. The second-order valence-electron chi connectivity index (χ2n) is 2.94. The number of aliphatic hydroxyl groups excluding tert-OH is 1. The first kappa shape index (κ1) is 8.84. The van der Waals surface area contributed by atoms with Crippen molar-refractivity contribution in [3.8, 4) is 11.5 Å². The third kappa shape index (κ3) is 1.63. The number of rotatable bonds is 0. The lowest BCUT2D eigenvalue weighted by Gasteiger charge is -2.14. The van der Waals surface area contributed by atoms with Crippen LogP contribution in [0.15, 0.2) is 36.4 Å². The third-order valence-corrected chi connectivity index (χ3v) is 1.94. The van der Waals surface area contributed by atoms with Crippen molar-refractivity contribution in [3.63, 3.8) is 0 Å². The van der Waals surface area contributed by atoms with E-state index in [9.17, 15) is 10.2 Å². The predicted molar refractivity (Wildman–Crippen MR) is 52.9 cm³/mol. The molecule has 0 aromatic heterocycles. The van der Waals surface area contributed by atoms with Gasteiger partial charge < -0.3 is 14.9 Å². The molecule has 0 aliphatic carbocycles. The maximum absolute atomic E-state index is 9.52. The average Bonchev–Trinajstić information content (AvgIpc) is 2.12. The maximum atomic E-state index is 9.52. The summed E-state index contributed by atoms with van der Waals surface area (Å²) >= 11 is 0. The SMILES string of the molecule is Oc1cccc2c1C=CC=CC(O)O2. The molecule has 0 amide bonds. The molecule has 0 saturated carbocycles. The first-order valence-electron chi connectivity index (χ1n) is 4.29. The molecule has 1 aromatic carbocycles. The normalized spacial score (nSPS) is 19.4. The number of allylic oxidation sites excluding steroid dienone is 2. The van der Waals surface area contributed by atoms with Gasteiger partial charge in [0.15, 0.2) is 0 Å². The summed E-state index contributed by atoms with van der Waals surface area (Å²) < 4.78 is 5.18. The fourth-order valence-corrected chi connectivity index (χ4v) is 1.28. The molecule has 0 fully saturated rings. The van der Waals surface area contributed by atoms with Gasteiger partial charge in [0.1, 0.15) is 11.5 Å². The van der Waals surface area contributed by atoms with E-state index in [0.717, 1.165) is 0 Å². The van der Waals surface area contributed by atoms with Crippen LogP contribution in [0.2, 0.25) is 0 Å². The number of hydrogen-bond donors (Lipinski definition) is 2. The van der Waals surface area contributed by atoms with E-state index in [0.29, 0.717) is 11.3 Å². The van der Waals surface area contributed by atoms with Gasteiger partial charge in [-0.2, -0.15) is 0 Å². The quantitative estimate of drug-likeness (QED) is 0.654. The zero-order valence-corrected chi connectivity index (χ0v) is 7.42. The van der Waals surface area contributed by atoms with Gasteiger partial charge in [0.05, 0.1) is 5.56 Å². The Morgan fingerprint density at radius 3 is 2.93 bits per heavy atom. The highest BCUT2D eigenvalue weighted by molar-refractivity contribution is 5.65. The van der Waals surface area contributed by atoms with Crippen LogP contribution in [-0.4, -0.2) is 16.5 Å². The molecule has 1 aromatic rings. The summed E-state index contributed by atoms with van der Waals surface area (Å²) in [4.78, 5) is 0. The average molecular weight is 190 g/mol. The van der Waals surface area contributed by atoms with E-state index < -0.39 is 6.29 Å². The number of aromatic hydroxyl groups is 1. The van der Waals surface area contributed by atoms with Gasteiger partial charge in [-0.25, -0.2) is 0 Å². The first-order valence-corrected chi connectivity index (χ1v) is 4.29. The summed E-state index contributed by atoms with van der Waals surface area (Å²) in [6.07, 6.45) is 5.68. The zero-order chi connectivity index (χ0) is 9.97. The van der Waals surface area contributed by atoms with Gasteiger partial charge in [-0.05, 0) is 24.3 Å². The van der Waals surface area contributed by atoms with Gasteiger partial charge in [0.2, 0.25) is 6.29 Å². The molecule has 1 aliphatic rings. The smallest absolute Gasteiger partial charge is 0.217 e. The van der Waals surface area contributed by atoms with Crippen molar-refractivity contribution < 1.29 is 14.9 Å². The monoisotopic (exact) mass is 190 g/mol. The number of aliphatic hydroxyl groups is 1. The highest BCUT2D eigenvalue weighted by Gasteiger charge is 2.10. The Labute approximate surface area is 81.6 Å². The largest absolute Gasteiger partial charge is 0.507 e. The summed E-state index contributed by atoms with van der Waals surface area (Å²) in [7, 11) is 0. The van der Waals surface area contributed by atoms with Crippen LogP contribution >= 0.6 is 0 Å². The topological polar surface area (TPSA) is 49.7 Å². The maximum Gasteiger partial charge on any atom is 0.217 e. The van der Waals surface area contributed by atoms with Gasteiger partial charge in [0, 0.05) is 0 Å². The van der Waals surface area contributed by atoms with Crippen LogP contribution in [0.25, 0.3) is 6.08 Å². The summed E-state index contributed by atoms with van der Waals surface area (Å²) in [6, 6.07) is 4.94. The lowest BCUT2D eigenvalue weighted by atomic mass is 10.1. The number of fused-ring (bicyclic) bond motifs is 1. The van der Waals surface area contributed by atoms with E-state index in [1.165, 1.54) is 6.08 Å². The van der Waals surface area contributed by atoms with Crippen molar-refractivity contribution in [2.75, 3.05) is 0 Å². The Balaban J connectivity index is 2.51. The Hall–Kier alpha value is -1.74. The summed E-state index contributed by atoms with van der Waals surface area (Å²) in [5.74, 6) is 0.611. The highest BCUT2D eigenvalue weighted by atomic mass is 16.6. The van der Waals surface area contributed by atoms with Crippen molar-refractivity contribution in [1.82, 2.24) is 0 Å². The summed E-state index contributed by atoms with van der Waals surface area (Å²) in [5, 5.41) is 18.8. The number of ether oxygens (including phenoxy) is 1. The minimum absolute atomic E-state index is 0.140. The molecule has 0 saturated heterocycles. The molecule has 1 unspecified atom stereocenters. The molecule has 2 rings (SSSR count). The van der Waals surface area contributed by atoms with Crippen LogP contribution in [0, 0.1) is 0 Å². The fourth-order valence-electron chi connectivity index (χ4n) is 1.28.